The topological polar surface area (TPSA) is 68.4 Å². The number of rotatable bonds is 5. The fourth-order valence-corrected chi connectivity index (χ4v) is 3.82. The van der Waals surface area contributed by atoms with E-state index in [1.165, 1.54) is 12.3 Å². The first-order valence-corrected chi connectivity index (χ1v) is 10.5. The van der Waals surface area contributed by atoms with Crippen molar-refractivity contribution in [3.63, 3.8) is 0 Å². The van der Waals surface area contributed by atoms with Crippen LogP contribution in [0.1, 0.15) is 0 Å². The summed E-state index contributed by atoms with van der Waals surface area (Å²) >= 11 is 6.21. The second kappa shape index (κ2) is 8.45. The monoisotopic (exact) mass is 484 g/mol. The van der Waals surface area contributed by atoms with Crippen molar-refractivity contribution in [1.82, 2.24) is 24.6 Å². The normalized spacial score (nSPS) is 11.8. The predicted molar refractivity (Wildman–Crippen MR) is 123 cm³/mol. The molecule has 0 fully saturated rings. The van der Waals surface area contributed by atoms with Gasteiger partial charge in [-0.15, -0.1) is 10.2 Å². The summed E-state index contributed by atoms with van der Waals surface area (Å²) in [6, 6.07) is 18.4. The molecule has 0 radical (unpaired) electrons. The number of benzene rings is 2. The number of aromatic nitrogens is 5. The van der Waals surface area contributed by atoms with Crippen LogP contribution < -0.4 is 9.64 Å². The molecule has 0 spiro atoms. The molecule has 7 nitrogen and oxygen atoms in total. The second-order valence-electron chi connectivity index (χ2n) is 7.46. The van der Waals surface area contributed by atoms with Gasteiger partial charge in [-0.1, -0.05) is 24.3 Å². The lowest BCUT2D eigenvalue weighted by molar-refractivity contribution is -0.154. The molecule has 5 rings (SSSR count). The number of nitrogens with zero attached hydrogens (tertiary/aromatic N) is 6. The number of ether oxygens (including phenoxy) is 1. The number of hydrogen-bond donors (Lipinski definition) is 0. The van der Waals surface area contributed by atoms with Crippen LogP contribution in [-0.2, 0) is 0 Å². The maximum absolute atomic E-state index is 12.4. The van der Waals surface area contributed by atoms with Gasteiger partial charge in [0.2, 0.25) is 11.2 Å². The molecule has 0 amide bonds. The van der Waals surface area contributed by atoms with Gasteiger partial charge in [0, 0.05) is 35.9 Å². The Labute approximate surface area is 196 Å². The van der Waals surface area contributed by atoms with Gasteiger partial charge in [0.05, 0.1) is 5.52 Å². The van der Waals surface area contributed by atoms with Crippen molar-refractivity contribution in [2.45, 2.75) is 6.18 Å². The Morgan fingerprint density at radius 2 is 1.82 bits per heavy atom. The number of halogens is 4. The SMILES string of the molecule is CN(c1cccc(-c2ccc(OCC(F)(F)F)nc2)c1)c1nc2nnc(Cl)n2c2ccccc12. The predicted octanol–water partition coefficient (Wildman–Crippen LogP) is 5.70. The molecule has 11 heteroatoms. The van der Waals surface area contributed by atoms with E-state index in [9.17, 15) is 13.2 Å². The summed E-state index contributed by atoms with van der Waals surface area (Å²) in [5, 5.41) is 9.07. The summed E-state index contributed by atoms with van der Waals surface area (Å²) in [6.45, 7) is -1.39. The fraction of sp³-hybridized carbons (Fsp3) is 0.130. The quantitative estimate of drug-likeness (QED) is 0.319. The molecule has 3 heterocycles. The van der Waals surface area contributed by atoms with E-state index >= 15 is 0 Å². The molecule has 0 atom stereocenters. The Morgan fingerprint density at radius 1 is 1.00 bits per heavy atom. The van der Waals surface area contributed by atoms with E-state index in [0.29, 0.717) is 11.6 Å². The van der Waals surface area contributed by atoms with Gasteiger partial charge < -0.3 is 9.64 Å². The van der Waals surface area contributed by atoms with Crippen LogP contribution in [-0.4, -0.2) is 44.4 Å². The third-order valence-corrected chi connectivity index (χ3v) is 5.45. The van der Waals surface area contributed by atoms with E-state index in [0.717, 1.165) is 27.7 Å². The van der Waals surface area contributed by atoms with Crippen molar-refractivity contribution >= 4 is 39.8 Å². The highest BCUT2D eigenvalue weighted by Gasteiger charge is 2.28. The van der Waals surface area contributed by atoms with Gasteiger partial charge in [-0.3, -0.25) is 0 Å². The summed E-state index contributed by atoms with van der Waals surface area (Å²) in [7, 11) is 1.88. The van der Waals surface area contributed by atoms with Gasteiger partial charge in [-0.05, 0) is 47.5 Å². The van der Waals surface area contributed by atoms with Crippen LogP contribution in [0.2, 0.25) is 5.28 Å². The van der Waals surface area contributed by atoms with E-state index in [1.54, 1.807) is 10.5 Å². The molecular formula is C23H16ClF3N6O. The van der Waals surface area contributed by atoms with Gasteiger partial charge in [0.25, 0.3) is 5.78 Å². The van der Waals surface area contributed by atoms with Crippen molar-refractivity contribution in [1.29, 1.82) is 0 Å². The Kier molecular flexibility index (Phi) is 5.45. The fourth-order valence-electron chi connectivity index (χ4n) is 3.61. The van der Waals surface area contributed by atoms with Gasteiger partial charge in [-0.25, -0.2) is 9.38 Å². The Morgan fingerprint density at radius 3 is 2.59 bits per heavy atom. The summed E-state index contributed by atoms with van der Waals surface area (Å²) in [5.74, 6) is 0.948. The molecule has 0 unspecified atom stereocenters. The molecule has 0 N–H and O–H groups in total. The highest BCUT2D eigenvalue weighted by molar-refractivity contribution is 6.29. The number of pyridine rings is 1. The molecule has 0 aliphatic rings. The van der Waals surface area contributed by atoms with Crippen molar-refractivity contribution in [2.75, 3.05) is 18.6 Å². The van der Waals surface area contributed by atoms with Gasteiger partial charge >= 0.3 is 6.18 Å². The van der Waals surface area contributed by atoms with Crippen LogP contribution in [0, 0.1) is 0 Å². The molecule has 0 saturated carbocycles. The summed E-state index contributed by atoms with van der Waals surface area (Å²) in [5.41, 5.74) is 3.21. The molecule has 172 valence electrons. The molecular weight excluding hydrogens is 469 g/mol. The Hall–Kier alpha value is -3.92. The first-order valence-electron chi connectivity index (χ1n) is 10.1. The minimum Gasteiger partial charge on any atom is -0.468 e. The van der Waals surface area contributed by atoms with E-state index < -0.39 is 12.8 Å². The van der Waals surface area contributed by atoms with Crippen LogP contribution in [0.4, 0.5) is 24.7 Å². The lowest BCUT2D eigenvalue weighted by atomic mass is 10.1. The largest absolute Gasteiger partial charge is 0.468 e. The van der Waals surface area contributed by atoms with E-state index in [-0.39, 0.29) is 11.2 Å². The van der Waals surface area contributed by atoms with Gasteiger partial charge in [0.15, 0.2) is 6.61 Å². The average Bonchev–Trinajstić information content (AvgIpc) is 3.22. The van der Waals surface area contributed by atoms with Crippen molar-refractivity contribution < 1.29 is 17.9 Å². The highest BCUT2D eigenvalue weighted by atomic mass is 35.5. The molecule has 2 aromatic carbocycles. The first-order chi connectivity index (χ1) is 16.3. The maximum atomic E-state index is 12.4. The van der Waals surface area contributed by atoms with Crippen LogP contribution >= 0.6 is 11.6 Å². The van der Waals surface area contributed by atoms with E-state index in [1.807, 2.05) is 60.5 Å². The first kappa shape index (κ1) is 21.9. The zero-order chi connectivity index (χ0) is 23.9. The minimum atomic E-state index is -4.42. The van der Waals surface area contributed by atoms with Crippen molar-refractivity contribution in [3.05, 3.63) is 72.1 Å². The van der Waals surface area contributed by atoms with E-state index in [2.05, 4.69) is 24.9 Å². The number of alkyl halides is 3. The number of fused-ring (bicyclic) bond motifs is 3. The average molecular weight is 485 g/mol. The van der Waals surface area contributed by atoms with E-state index in [4.69, 9.17) is 11.6 Å². The van der Waals surface area contributed by atoms with Crippen molar-refractivity contribution in [3.8, 4) is 17.0 Å². The summed E-state index contributed by atoms with van der Waals surface area (Å²) < 4.78 is 43.4. The third-order valence-electron chi connectivity index (χ3n) is 5.20. The Balaban J connectivity index is 1.48. The maximum Gasteiger partial charge on any atom is 0.422 e. The standard InChI is InChI=1S/C23H16ClF3N6O/c1-32(20-17-7-2-3-8-18(17)33-21(24)30-31-22(33)29-20)16-6-4-5-14(11-16)15-9-10-19(28-12-15)34-13-23(25,26)27/h2-12H,13H2,1H3. The van der Waals surface area contributed by atoms with Gasteiger partial charge in [0.1, 0.15) is 5.82 Å². The van der Waals surface area contributed by atoms with Gasteiger partial charge in [-0.2, -0.15) is 18.2 Å². The third kappa shape index (κ3) is 4.19. The number of hydrogen-bond acceptors (Lipinski definition) is 6. The van der Waals surface area contributed by atoms with Crippen molar-refractivity contribution in [2.24, 2.45) is 0 Å². The molecule has 34 heavy (non-hydrogen) atoms. The lowest BCUT2D eigenvalue weighted by Gasteiger charge is -2.21. The number of para-hydroxylation sites is 1. The molecule has 0 saturated heterocycles. The minimum absolute atomic E-state index is 0.0923. The lowest BCUT2D eigenvalue weighted by Crippen LogP contribution is -2.19. The molecule has 5 aromatic rings. The van der Waals surface area contributed by atoms with Crippen LogP contribution in [0.5, 0.6) is 5.88 Å². The highest BCUT2D eigenvalue weighted by Crippen LogP contribution is 2.33. The second-order valence-corrected chi connectivity index (χ2v) is 7.79. The smallest absolute Gasteiger partial charge is 0.422 e. The molecule has 3 aromatic heterocycles. The Bertz CT molecular complexity index is 1490. The zero-order valence-corrected chi connectivity index (χ0v) is 18.4. The summed E-state index contributed by atoms with van der Waals surface area (Å²) in [4.78, 5) is 10.6. The number of anilines is 2. The molecule has 0 bridgehead atoms. The van der Waals surface area contributed by atoms with Crippen LogP contribution in [0.3, 0.4) is 0 Å². The van der Waals surface area contributed by atoms with Crippen LogP contribution in [0.25, 0.3) is 27.8 Å². The van der Waals surface area contributed by atoms with Crippen LogP contribution in [0.15, 0.2) is 66.9 Å². The zero-order valence-electron chi connectivity index (χ0n) is 17.7. The molecule has 0 aliphatic carbocycles. The summed E-state index contributed by atoms with van der Waals surface area (Å²) in [6.07, 6.45) is -2.94. The molecule has 0 aliphatic heterocycles.